The number of pyridine rings is 1. The number of carbonyl (C=O) groups excluding carboxylic acids is 4. The molecule has 0 spiro atoms. The van der Waals surface area contributed by atoms with E-state index < -0.39 is 6.03 Å². The van der Waals surface area contributed by atoms with Crippen molar-refractivity contribution in [1.29, 1.82) is 0 Å². The highest BCUT2D eigenvalue weighted by Gasteiger charge is 2.33. The number of urea groups is 1. The van der Waals surface area contributed by atoms with Crippen molar-refractivity contribution >= 4 is 57.6 Å². The molecule has 8 rings (SSSR count). The van der Waals surface area contributed by atoms with Crippen LogP contribution in [-0.2, 0) is 4.79 Å². The SMILES string of the molecule is COc1cc2nn(C3CCC(CN(C)C4CCN(C5CCN(C(=O)c6ccc(Cl)c(N7CCC(=O)NC7=O)c6)CC5)CC4)CC3)cc2cc1NC(=O)c1cccc(C)n1. The fourth-order valence-electron chi connectivity index (χ4n) is 9.48. The molecule has 1 saturated carbocycles. The van der Waals surface area contributed by atoms with Crippen molar-refractivity contribution < 1.29 is 23.9 Å². The first kappa shape index (κ1) is 40.7. The molecule has 3 aliphatic heterocycles. The number of hydrogen-bond acceptors (Lipinski definition) is 9. The number of aryl methyl sites for hydroxylation is 1. The first-order valence-electron chi connectivity index (χ1n) is 21.0. The highest BCUT2D eigenvalue weighted by molar-refractivity contribution is 6.34. The Morgan fingerprint density at radius 3 is 2.41 bits per heavy atom. The lowest BCUT2D eigenvalue weighted by Gasteiger charge is -2.44. The second kappa shape index (κ2) is 17.7. The molecule has 5 amide bonds. The number of aromatic nitrogens is 3. The molecule has 15 heteroatoms. The van der Waals surface area contributed by atoms with Crippen molar-refractivity contribution in [3.8, 4) is 5.75 Å². The van der Waals surface area contributed by atoms with Crippen LogP contribution in [0.4, 0.5) is 16.2 Å². The van der Waals surface area contributed by atoms with Gasteiger partial charge in [0.05, 0.1) is 35.1 Å². The Morgan fingerprint density at radius 2 is 1.69 bits per heavy atom. The van der Waals surface area contributed by atoms with E-state index in [9.17, 15) is 19.2 Å². The van der Waals surface area contributed by atoms with Crippen LogP contribution < -0.4 is 20.3 Å². The second-order valence-corrected chi connectivity index (χ2v) is 17.1. The molecule has 2 aromatic heterocycles. The Labute approximate surface area is 350 Å². The lowest BCUT2D eigenvalue weighted by atomic mass is 9.85. The van der Waals surface area contributed by atoms with Crippen molar-refractivity contribution in [2.75, 3.05) is 63.6 Å². The summed E-state index contributed by atoms with van der Waals surface area (Å²) in [5.41, 5.74) is 3.53. The summed E-state index contributed by atoms with van der Waals surface area (Å²) < 4.78 is 7.75. The van der Waals surface area contributed by atoms with Gasteiger partial charge in [0, 0.05) is 73.6 Å². The summed E-state index contributed by atoms with van der Waals surface area (Å²) in [5, 5.41) is 11.6. The number of amides is 5. The summed E-state index contributed by atoms with van der Waals surface area (Å²) in [7, 11) is 3.90. The maximum absolute atomic E-state index is 13.5. The van der Waals surface area contributed by atoms with Crippen LogP contribution >= 0.6 is 11.6 Å². The van der Waals surface area contributed by atoms with Crippen LogP contribution in [0.5, 0.6) is 5.75 Å². The standard InChI is InChI=1S/C44H54ClN9O5/c1-28-5-4-6-36(46-28)42(56)47-38-23-31-27-54(49-37(31)25-40(38)59-3)34-10-7-29(8-11-34)26-50(2)32-13-18-51(19-14-32)33-15-20-52(21-16-33)43(57)30-9-12-35(45)39(24-30)53-22-17-41(55)48-44(53)58/h4-6,9,12,23-25,27,29,32-34H,7-8,10-11,13-22,26H2,1-3H3,(H,47,56)(H,48,55,58). The smallest absolute Gasteiger partial charge is 0.328 e. The van der Waals surface area contributed by atoms with Gasteiger partial charge in [0.25, 0.3) is 11.8 Å². The lowest BCUT2D eigenvalue weighted by molar-refractivity contribution is -0.120. The number of anilines is 2. The van der Waals surface area contributed by atoms with E-state index in [1.165, 1.54) is 17.7 Å². The maximum atomic E-state index is 13.5. The van der Waals surface area contributed by atoms with Crippen LogP contribution in [0, 0.1) is 12.8 Å². The third-order valence-corrected chi connectivity index (χ3v) is 13.2. The zero-order valence-corrected chi connectivity index (χ0v) is 34.9. The third kappa shape index (κ3) is 9.09. The normalized spacial score (nSPS) is 21.2. The Hall–Kier alpha value is -5.05. The minimum atomic E-state index is -0.521. The summed E-state index contributed by atoms with van der Waals surface area (Å²) in [6.07, 6.45) is 11.0. The molecule has 312 valence electrons. The molecule has 3 saturated heterocycles. The third-order valence-electron chi connectivity index (χ3n) is 12.9. The number of benzene rings is 2. The van der Waals surface area contributed by atoms with Crippen LogP contribution in [0.1, 0.15) is 90.4 Å². The first-order chi connectivity index (χ1) is 28.5. The van der Waals surface area contributed by atoms with Gasteiger partial charge in [0.15, 0.2) is 0 Å². The van der Waals surface area contributed by atoms with Crippen molar-refractivity contribution in [1.82, 2.24) is 34.8 Å². The number of imide groups is 1. The molecule has 0 bridgehead atoms. The fraction of sp³-hybridized carbons (Fsp3) is 0.500. The number of likely N-dealkylation sites (tertiary alicyclic amines) is 2. The van der Waals surface area contributed by atoms with E-state index in [-0.39, 0.29) is 30.7 Å². The second-order valence-electron chi connectivity index (χ2n) is 16.7. The van der Waals surface area contributed by atoms with Crippen molar-refractivity contribution in [2.45, 2.75) is 82.8 Å². The monoisotopic (exact) mass is 823 g/mol. The van der Waals surface area contributed by atoms with E-state index in [2.05, 4.69) is 43.3 Å². The molecule has 2 aromatic carbocycles. The predicted molar refractivity (Wildman–Crippen MR) is 227 cm³/mol. The number of nitrogens with zero attached hydrogens (tertiary/aromatic N) is 7. The average molecular weight is 824 g/mol. The molecule has 59 heavy (non-hydrogen) atoms. The number of halogens is 1. The highest BCUT2D eigenvalue weighted by Crippen LogP contribution is 2.36. The van der Waals surface area contributed by atoms with E-state index in [1.807, 2.05) is 36.1 Å². The molecule has 4 fully saturated rings. The van der Waals surface area contributed by atoms with Gasteiger partial charge >= 0.3 is 6.03 Å². The molecule has 5 heterocycles. The van der Waals surface area contributed by atoms with E-state index in [1.54, 1.807) is 31.4 Å². The summed E-state index contributed by atoms with van der Waals surface area (Å²) >= 11 is 6.42. The van der Waals surface area contributed by atoms with Gasteiger partial charge in [-0.05, 0) is 121 Å². The van der Waals surface area contributed by atoms with Gasteiger partial charge in [0.1, 0.15) is 11.4 Å². The molecule has 4 aliphatic rings. The molecule has 14 nitrogen and oxygen atoms in total. The van der Waals surface area contributed by atoms with Gasteiger partial charge in [-0.3, -0.25) is 29.3 Å². The van der Waals surface area contributed by atoms with Gasteiger partial charge in [-0.15, -0.1) is 0 Å². The van der Waals surface area contributed by atoms with Crippen LogP contribution in [0.3, 0.4) is 0 Å². The summed E-state index contributed by atoms with van der Waals surface area (Å²) in [5.74, 6) is 0.578. The molecule has 4 aromatic rings. The molecule has 1 aliphatic carbocycles. The molecule has 0 unspecified atom stereocenters. The van der Waals surface area contributed by atoms with Crippen molar-refractivity contribution in [2.24, 2.45) is 5.92 Å². The number of piperidine rings is 2. The zero-order valence-electron chi connectivity index (χ0n) is 34.2. The van der Waals surface area contributed by atoms with Crippen molar-refractivity contribution in [3.63, 3.8) is 0 Å². The minimum Gasteiger partial charge on any atom is -0.494 e. The number of carbonyl (C=O) groups is 4. The zero-order chi connectivity index (χ0) is 41.2. The van der Waals surface area contributed by atoms with Crippen LogP contribution in [0.2, 0.25) is 5.02 Å². The van der Waals surface area contributed by atoms with Gasteiger partial charge in [0.2, 0.25) is 5.91 Å². The number of nitrogens with one attached hydrogen (secondary N) is 2. The Bertz CT molecular complexity index is 2210. The number of fused-ring (bicyclic) bond motifs is 1. The van der Waals surface area contributed by atoms with Gasteiger partial charge in [-0.2, -0.15) is 5.10 Å². The molecular formula is C44H54ClN9O5. The van der Waals surface area contributed by atoms with Crippen LogP contribution in [0.25, 0.3) is 10.9 Å². The number of ether oxygens (including phenoxy) is 1. The lowest BCUT2D eigenvalue weighted by Crippen LogP contribution is -2.51. The number of methoxy groups -OCH3 is 1. The van der Waals surface area contributed by atoms with E-state index >= 15 is 0 Å². The minimum absolute atomic E-state index is 0.0591. The largest absolute Gasteiger partial charge is 0.494 e. The summed E-state index contributed by atoms with van der Waals surface area (Å²) in [6.45, 7) is 6.74. The first-order valence-corrected chi connectivity index (χ1v) is 21.4. The predicted octanol–water partition coefficient (Wildman–Crippen LogP) is 6.53. The van der Waals surface area contributed by atoms with Crippen molar-refractivity contribution in [3.05, 3.63) is 76.7 Å². The van der Waals surface area contributed by atoms with E-state index in [4.69, 9.17) is 21.4 Å². The number of hydrogen-bond donors (Lipinski definition) is 2. The topological polar surface area (TPSA) is 145 Å². The van der Waals surface area contributed by atoms with Crippen LogP contribution in [-0.4, -0.2) is 119 Å². The van der Waals surface area contributed by atoms with Gasteiger partial charge in [-0.1, -0.05) is 17.7 Å². The number of rotatable bonds is 10. The van der Waals surface area contributed by atoms with E-state index in [0.717, 1.165) is 74.8 Å². The Morgan fingerprint density at radius 1 is 0.932 bits per heavy atom. The molecular weight excluding hydrogens is 770 g/mol. The van der Waals surface area contributed by atoms with Crippen LogP contribution in [0.15, 0.2) is 54.7 Å². The van der Waals surface area contributed by atoms with E-state index in [0.29, 0.717) is 70.5 Å². The van der Waals surface area contributed by atoms with Gasteiger partial charge in [-0.25, -0.2) is 9.78 Å². The Balaban J connectivity index is 0.779. The fourth-order valence-corrected chi connectivity index (χ4v) is 9.70. The molecule has 0 atom stereocenters. The summed E-state index contributed by atoms with van der Waals surface area (Å²) in [4.78, 5) is 63.5. The Kier molecular flexibility index (Phi) is 12.2. The van der Waals surface area contributed by atoms with Gasteiger partial charge < -0.3 is 24.8 Å². The summed E-state index contributed by atoms with van der Waals surface area (Å²) in [6, 6.07) is 15.1. The quantitative estimate of drug-likeness (QED) is 0.182. The highest BCUT2D eigenvalue weighted by atomic mass is 35.5. The molecule has 2 N–H and O–H groups in total. The molecule has 0 radical (unpaired) electrons. The maximum Gasteiger partial charge on any atom is 0.328 e. The average Bonchev–Trinajstić information content (AvgIpc) is 3.67.